The number of rotatable bonds is 5. The topological polar surface area (TPSA) is 112 Å². The van der Waals surface area contributed by atoms with Crippen LogP contribution in [0.5, 0.6) is 5.75 Å². The summed E-state index contributed by atoms with van der Waals surface area (Å²) in [5.74, 6) is -0.174. The highest BCUT2D eigenvalue weighted by Crippen LogP contribution is 2.33. The molecule has 3 heterocycles. The monoisotopic (exact) mass is 461 g/mol. The van der Waals surface area contributed by atoms with Crippen LogP contribution in [0.15, 0.2) is 59.7 Å². The maximum Gasteiger partial charge on any atom is 0.271 e. The second-order valence-electron chi connectivity index (χ2n) is 7.97. The minimum atomic E-state index is -0.632. The normalized spacial score (nSPS) is 15.5. The summed E-state index contributed by atoms with van der Waals surface area (Å²) in [6.45, 7) is 0.755. The number of benzene rings is 2. The van der Waals surface area contributed by atoms with E-state index in [-0.39, 0.29) is 28.6 Å². The standard InChI is InChI=1S/C24H20FN5O4/c1-34-21-7-6-15(12-19(21)25)29-23(20-5-3-9-27-20)28-22-17(14-4-2-8-26-13-14)10-16(30(32)33)11-18(22)24(29)31/h2,4,6-8,10-13,20,27H,3,5,9H2,1H3/t20-/m1/s1. The van der Waals surface area contributed by atoms with Crippen LogP contribution in [0.25, 0.3) is 27.7 Å². The highest BCUT2D eigenvalue weighted by molar-refractivity contribution is 5.95. The first-order valence-electron chi connectivity index (χ1n) is 10.7. The molecule has 2 aromatic carbocycles. The maximum absolute atomic E-state index is 14.6. The first-order valence-corrected chi connectivity index (χ1v) is 10.7. The van der Waals surface area contributed by atoms with Crippen LogP contribution in [0.4, 0.5) is 10.1 Å². The quantitative estimate of drug-likeness (QED) is 0.354. The summed E-state index contributed by atoms with van der Waals surface area (Å²) in [6, 6.07) is 10.0. The lowest BCUT2D eigenvalue weighted by Gasteiger charge is -2.19. The Balaban J connectivity index is 1.87. The molecule has 0 radical (unpaired) electrons. The largest absolute Gasteiger partial charge is 0.494 e. The van der Waals surface area contributed by atoms with Crippen LogP contribution in [0.2, 0.25) is 0 Å². The molecular weight excluding hydrogens is 441 g/mol. The van der Waals surface area contributed by atoms with Gasteiger partial charge < -0.3 is 10.1 Å². The van der Waals surface area contributed by atoms with Gasteiger partial charge in [-0.2, -0.15) is 0 Å². The van der Waals surface area contributed by atoms with Crippen molar-refractivity contribution in [1.29, 1.82) is 0 Å². The second-order valence-corrected chi connectivity index (χ2v) is 7.97. The fourth-order valence-corrected chi connectivity index (χ4v) is 4.32. The Morgan fingerprint density at radius 3 is 2.76 bits per heavy atom. The van der Waals surface area contributed by atoms with Gasteiger partial charge >= 0.3 is 0 Å². The minimum Gasteiger partial charge on any atom is -0.494 e. The van der Waals surface area contributed by atoms with Gasteiger partial charge in [-0.1, -0.05) is 6.07 Å². The van der Waals surface area contributed by atoms with Gasteiger partial charge in [-0.25, -0.2) is 9.37 Å². The minimum absolute atomic E-state index is 0.0422. The fraction of sp³-hybridized carbons (Fsp3) is 0.208. The van der Waals surface area contributed by atoms with Crippen molar-refractivity contribution in [1.82, 2.24) is 19.9 Å². The van der Waals surface area contributed by atoms with Crippen molar-refractivity contribution in [3.63, 3.8) is 0 Å². The van der Waals surface area contributed by atoms with E-state index < -0.39 is 16.3 Å². The zero-order valence-electron chi connectivity index (χ0n) is 18.2. The molecule has 0 bridgehead atoms. The van der Waals surface area contributed by atoms with Crippen molar-refractivity contribution < 1.29 is 14.1 Å². The van der Waals surface area contributed by atoms with E-state index >= 15 is 0 Å². The summed E-state index contributed by atoms with van der Waals surface area (Å²) < 4.78 is 20.9. The van der Waals surface area contributed by atoms with Gasteiger partial charge in [0.05, 0.1) is 34.7 Å². The number of halogens is 1. The molecule has 1 fully saturated rings. The molecule has 1 N–H and O–H groups in total. The van der Waals surface area contributed by atoms with Crippen LogP contribution in [-0.2, 0) is 0 Å². The lowest BCUT2D eigenvalue weighted by Crippen LogP contribution is -2.29. The number of nitro benzene ring substituents is 1. The highest BCUT2D eigenvalue weighted by Gasteiger charge is 2.26. The molecule has 9 nitrogen and oxygen atoms in total. The third-order valence-electron chi connectivity index (χ3n) is 5.93. The summed E-state index contributed by atoms with van der Waals surface area (Å²) in [5, 5.41) is 15.1. The van der Waals surface area contributed by atoms with Crippen LogP contribution in [0.3, 0.4) is 0 Å². The Hall–Kier alpha value is -4.18. The molecule has 34 heavy (non-hydrogen) atoms. The molecule has 4 aromatic rings. The number of methoxy groups -OCH3 is 1. The van der Waals surface area contributed by atoms with Crippen LogP contribution in [0.1, 0.15) is 24.7 Å². The molecule has 1 aliphatic heterocycles. The number of nitrogens with zero attached hydrogens (tertiary/aromatic N) is 4. The Labute approximate surface area is 193 Å². The van der Waals surface area contributed by atoms with E-state index in [1.54, 1.807) is 30.6 Å². The van der Waals surface area contributed by atoms with E-state index in [1.165, 1.54) is 35.9 Å². The molecule has 0 saturated carbocycles. The Morgan fingerprint density at radius 1 is 1.26 bits per heavy atom. The molecule has 0 amide bonds. The van der Waals surface area contributed by atoms with E-state index in [1.807, 2.05) is 0 Å². The van der Waals surface area contributed by atoms with Crippen molar-refractivity contribution in [3.05, 3.63) is 87.0 Å². The van der Waals surface area contributed by atoms with Gasteiger partial charge in [-0.05, 0) is 37.6 Å². The Morgan fingerprint density at radius 2 is 2.12 bits per heavy atom. The van der Waals surface area contributed by atoms with Gasteiger partial charge in [0.2, 0.25) is 0 Å². The molecule has 0 spiro atoms. The molecule has 10 heteroatoms. The van der Waals surface area contributed by atoms with Crippen molar-refractivity contribution >= 4 is 16.6 Å². The molecule has 5 rings (SSSR count). The summed E-state index contributed by atoms with van der Waals surface area (Å²) in [4.78, 5) is 33.9. The number of non-ortho nitro benzene ring substituents is 1. The van der Waals surface area contributed by atoms with Crippen LogP contribution in [-0.4, -0.2) is 33.1 Å². The van der Waals surface area contributed by atoms with Gasteiger partial charge in [0.15, 0.2) is 11.6 Å². The summed E-state index contributed by atoms with van der Waals surface area (Å²) in [5.41, 5.74) is 0.855. The molecule has 172 valence electrons. The summed E-state index contributed by atoms with van der Waals surface area (Å²) in [7, 11) is 1.36. The first-order chi connectivity index (χ1) is 16.5. The average molecular weight is 461 g/mol. The van der Waals surface area contributed by atoms with E-state index in [2.05, 4.69) is 10.3 Å². The van der Waals surface area contributed by atoms with Gasteiger partial charge in [-0.15, -0.1) is 0 Å². The van der Waals surface area contributed by atoms with E-state index in [0.717, 1.165) is 19.4 Å². The summed E-state index contributed by atoms with van der Waals surface area (Å²) in [6.07, 6.45) is 4.80. The third kappa shape index (κ3) is 3.67. The molecule has 1 atom stereocenters. The molecule has 0 unspecified atom stereocenters. The second kappa shape index (κ2) is 8.64. The molecule has 0 aliphatic carbocycles. The predicted octanol–water partition coefficient (Wildman–Crippen LogP) is 3.93. The zero-order chi connectivity index (χ0) is 23.8. The highest BCUT2D eigenvalue weighted by atomic mass is 19.1. The van der Waals surface area contributed by atoms with Crippen molar-refractivity contribution in [3.8, 4) is 22.6 Å². The van der Waals surface area contributed by atoms with Crippen molar-refractivity contribution in [2.24, 2.45) is 0 Å². The number of hydrogen-bond acceptors (Lipinski definition) is 7. The number of nitrogens with one attached hydrogen (secondary N) is 1. The van der Waals surface area contributed by atoms with Crippen LogP contribution < -0.4 is 15.6 Å². The number of aromatic nitrogens is 3. The van der Waals surface area contributed by atoms with E-state index in [0.29, 0.717) is 22.5 Å². The number of fused-ring (bicyclic) bond motifs is 1. The number of nitro groups is 1. The van der Waals surface area contributed by atoms with Gasteiger partial charge in [0.25, 0.3) is 11.2 Å². The van der Waals surface area contributed by atoms with Gasteiger partial charge in [-0.3, -0.25) is 24.5 Å². The average Bonchev–Trinajstić information content (AvgIpc) is 3.39. The zero-order valence-corrected chi connectivity index (χ0v) is 18.2. The van der Waals surface area contributed by atoms with Crippen LogP contribution >= 0.6 is 0 Å². The third-order valence-corrected chi connectivity index (χ3v) is 5.93. The van der Waals surface area contributed by atoms with E-state index in [9.17, 15) is 19.3 Å². The smallest absolute Gasteiger partial charge is 0.271 e. The molecule has 1 saturated heterocycles. The summed E-state index contributed by atoms with van der Waals surface area (Å²) >= 11 is 0. The van der Waals surface area contributed by atoms with Crippen molar-refractivity contribution in [2.75, 3.05) is 13.7 Å². The SMILES string of the molecule is COc1ccc(-n2c([C@H]3CCCN3)nc3c(-c4cccnc4)cc([N+](=O)[O-])cc3c2=O)cc1F. The lowest BCUT2D eigenvalue weighted by atomic mass is 10.0. The van der Waals surface area contributed by atoms with Gasteiger partial charge in [0, 0.05) is 41.7 Å². The fourth-order valence-electron chi connectivity index (χ4n) is 4.32. The number of pyridine rings is 1. The lowest BCUT2D eigenvalue weighted by molar-refractivity contribution is -0.384. The predicted molar refractivity (Wildman–Crippen MR) is 124 cm³/mol. The Kier molecular flexibility index (Phi) is 5.50. The number of hydrogen-bond donors (Lipinski definition) is 1. The molecule has 1 aliphatic rings. The van der Waals surface area contributed by atoms with Gasteiger partial charge in [0.1, 0.15) is 5.82 Å². The van der Waals surface area contributed by atoms with Crippen LogP contribution in [0, 0.1) is 15.9 Å². The Bertz CT molecular complexity index is 1470. The maximum atomic E-state index is 14.6. The number of ether oxygens (including phenoxy) is 1. The van der Waals surface area contributed by atoms with E-state index in [4.69, 9.17) is 9.72 Å². The molecular formula is C24H20FN5O4. The molecule has 2 aromatic heterocycles. The van der Waals surface area contributed by atoms with Crippen molar-refractivity contribution in [2.45, 2.75) is 18.9 Å². The first kappa shape index (κ1) is 21.7.